The summed E-state index contributed by atoms with van der Waals surface area (Å²) >= 11 is 0. The van der Waals surface area contributed by atoms with Gasteiger partial charge in [0.1, 0.15) is 5.82 Å². The van der Waals surface area contributed by atoms with Crippen LogP contribution in [0.1, 0.15) is 29.7 Å². The Balaban J connectivity index is 2.34. The fourth-order valence-corrected chi connectivity index (χ4v) is 2.09. The molecule has 1 atom stereocenters. The highest BCUT2D eigenvalue weighted by atomic mass is 19.1. The van der Waals surface area contributed by atoms with Gasteiger partial charge in [0.15, 0.2) is 0 Å². The molecule has 0 amide bonds. The minimum absolute atomic E-state index is 0.295. The third-order valence-electron chi connectivity index (χ3n) is 3.17. The number of nitrogens with zero attached hydrogens (tertiary/aromatic N) is 1. The molecular weight excluding hydrogens is 245 g/mol. The Morgan fingerprint density at radius 1 is 1.42 bits per heavy atom. The van der Waals surface area contributed by atoms with E-state index in [1.165, 1.54) is 6.07 Å². The van der Waals surface area contributed by atoms with Crippen LogP contribution in [0.5, 0.6) is 0 Å². The second-order valence-electron chi connectivity index (χ2n) is 4.82. The highest BCUT2D eigenvalue weighted by Gasteiger charge is 2.15. The Labute approximate surface area is 112 Å². The molecule has 4 heteroatoms. The molecule has 3 nitrogen and oxygen atoms in total. The van der Waals surface area contributed by atoms with E-state index in [-0.39, 0.29) is 5.82 Å². The fourth-order valence-electron chi connectivity index (χ4n) is 2.09. The molecule has 0 radical (unpaired) electrons. The minimum atomic E-state index is -0.711. The van der Waals surface area contributed by atoms with Gasteiger partial charge >= 0.3 is 0 Å². The van der Waals surface area contributed by atoms with Crippen LogP contribution in [0.15, 0.2) is 35.1 Å². The molecule has 1 heterocycles. The maximum absolute atomic E-state index is 13.6. The van der Waals surface area contributed by atoms with E-state index in [0.717, 1.165) is 11.3 Å². The predicted octanol–water partition coefficient (Wildman–Crippen LogP) is 3.42. The van der Waals surface area contributed by atoms with Crippen molar-refractivity contribution in [3.8, 4) is 0 Å². The zero-order valence-corrected chi connectivity index (χ0v) is 11.4. The highest BCUT2D eigenvalue weighted by molar-refractivity contribution is 5.56. The third-order valence-corrected chi connectivity index (χ3v) is 3.17. The highest BCUT2D eigenvalue weighted by Crippen LogP contribution is 2.29. The molecule has 1 aromatic carbocycles. The molecular formula is C15H18FNO2. The monoisotopic (exact) mass is 263 g/mol. The van der Waals surface area contributed by atoms with Crippen LogP contribution >= 0.6 is 0 Å². The Hall–Kier alpha value is -1.81. The van der Waals surface area contributed by atoms with Gasteiger partial charge < -0.3 is 14.4 Å². The zero-order valence-electron chi connectivity index (χ0n) is 11.4. The summed E-state index contributed by atoms with van der Waals surface area (Å²) in [5, 5.41) is 9.78. The Morgan fingerprint density at radius 3 is 2.74 bits per heavy atom. The second kappa shape index (κ2) is 5.45. The van der Waals surface area contributed by atoms with E-state index in [4.69, 9.17) is 4.42 Å². The van der Waals surface area contributed by atoms with E-state index in [2.05, 4.69) is 0 Å². The van der Waals surface area contributed by atoms with Gasteiger partial charge in [0.25, 0.3) is 0 Å². The maximum atomic E-state index is 13.6. The number of hydrogen-bond acceptors (Lipinski definition) is 3. The molecule has 1 aromatic heterocycles. The molecule has 0 bridgehead atoms. The van der Waals surface area contributed by atoms with Crippen LogP contribution in [0.4, 0.5) is 10.1 Å². The summed E-state index contributed by atoms with van der Waals surface area (Å²) in [4.78, 5) is 1.97. The van der Waals surface area contributed by atoms with Crippen LogP contribution in [0.2, 0.25) is 0 Å². The summed E-state index contributed by atoms with van der Waals surface area (Å²) in [5.74, 6) is -0.295. The molecule has 0 aliphatic carbocycles. The quantitative estimate of drug-likeness (QED) is 0.918. The van der Waals surface area contributed by atoms with Gasteiger partial charge in [-0.2, -0.15) is 0 Å². The number of aliphatic hydroxyl groups excluding tert-OH is 1. The fraction of sp³-hybridized carbons (Fsp3) is 0.333. The molecule has 0 aliphatic rings. The molecule has 0 fully saturated rings. The lowest BCUT2D eigenvalue weighted by molar-refractivity contribution is 0.199. The summed E-state index contributed by atoms with van der Waals surface area (Å²) in [7, 11) is 1.91. The van der Waals surface area contributed by atoms with Gasteiger partial charge in [0, 0.05) is 30.4 Å². The van der Waals surface area contributed by atoms with Crippen molar-refractivity contribution in [3.63, 3.8) is 0 Å². The lowest BCUT2D eigenvalue weighted by atomic mass is 10.0. The average molecular weight is 263 g/mol. The van der Waals surface area contributed by atoms with E-state index in [0.29, 0.717) is 17.7 Å². The Kier molecular flexibility index (Phi) is 3.90. The van der Waals surface area contributed by atoms with Crippen molar-refractivity contribution in [2.45, 2.75) is 26.5 Å². The van der Waals surface area contributed by atoms with Gasteiger partial charge in [0.2, 0.25) is 0 Å². The molecule has 0 saturated carbocycles. The van der Waals surface area contributed by atoms with Crippen molar-refractivity contribution in [1.82, 2.24) is 0 Å². The van der Waals surface area contributed by atoms with Crippen LogP contribution in [-0.2, 0) is 6.54 Å². The van der Waals surface area contributed by atoms with Gasteiger partial charge in [-0.05, 0) is 37.6 Å². The van der Waals surface area contributed by atoms with Crippen LogP contribution in [-0.4, -0.2) is 12.2 Å². The maximum Gasteiger partial charge on any atom is 0.126 e. The van der Waals surface area contributed by atoms with Crippen molar-refractivity contribution in [3.05, 3.63) is 53.2 Å². The first-order chi connectivity index (χ1) is 8.99. The van der Waals surface area contributed by atoms with E-state index >= 15 is 0 Å². The van der Waals surface area contributed by atoms with E-state index in [1.54, 1.807) is 32.4 Å². The molecule has 0 saturated heterocycles. The molecule has 102 valence electrons. The van der Waals surface area contributed by atoms with Crippen LogP contribution in [0, 0.1) is 12.7 Å². The van der Waals surface area contributed by atoms with Crippen LogP contribution in [0.25, 0.3) is 0 Å². The topological polar surface area (TPSA) is 36.6 Å². The lowest BCUT2D eigenvalue weighted by Crippen LogP contribution is -2.19. The minimum Gasteiger partial charge on any atom is -0.472 e. The summed E-state index contributed by atoms with van der Waals surface area (Å²) in [6.45, 7) is 4.00. The predicted molar refractivity (Wildman–Crippen MR) is 72.6 cm³/mol. The molecule has 0 aliphatic heterocycles. The van der Waals surface area contributed by atoms with Gasteiger partial charge in [-0.15, -0.1) is 0 Å². The number of aryl methyl sites for hydroxylation is 1. The number of aliphatic hydroxyl groups is 1. The van der Waals surface area contributed by atoms with Crippen LogP contribution < -0.4 is 4.90 Å². The number of furan rings is 1. The van der Waals surface area contributed by atoms with Gasteiger partial charge in [-0.1, -0.05) is 0 Å². The van der Waals surface area contributed by atoms with E-state index in [9.17, 15) is 9.50 Å². The van der Waals surface area contributed by atoms with Gasteiger partial charge in [-0.3, -0.25) is 0 Å². The van der Waals surface area contributed by atoms with E-state index in [1.807, 2.05) is 18.0 Å². The van der Waals surface area contributed by atoms with E-state index < -0.39 is 6.10 Å². The van der Waals surface area contributed by atoms with Crippen molar-refractivity contribution >= 4 is 5.69 Å². The van der Waals surface area contributed by atoms with Crippen molar-refractivity contribution < 1.29 is 13.9 Å². The number of benzene rings is 1. The molecule has 1 N–H and O–H groups in total. The summed E-state index contributed by atoms with van der Waals surface area (Å²) in [6, 6.07) is 5.05. The van der Waals surface area contributed by atoms with Crippen LogP contribution in [0.3, 0.4) is 0 Å². The molecule has 2 aromatic rings. The SMILES string of the molecule is Cc1cc(N(C)Cc2ccoc2)c([C@@H](C)O)cc1F. The first kappa shape index (κ1) is 13.6. The van der Waals surface area contributed by atoms with Crippen molar-refractivity contribution in [1.29, 1.82) is 0 Å². The average Bonchev–Trinajstić information content (AvgIpc) is 2.84. The smallest absolute Gasteiger partial charge is 0.126 e. The second-order valence-corrected chi connectivity index (χ2v) is 4.82. The molecule has 0 spiro atoms. The third kappa shape index (κ3) is 2.96. The lowest BCUT2D eigenvalue weighted by Gasteiger charge is -2.24. The number of rotatable bonds is 4. The van der Waals surface area contributed by atoms with Crippen molar-refractivity contribution in [2.75, 3.05) is 11.9 Å². The first-order valence-electron chi connectivity index (χ1n) is 6.19. The molecule has 0 unspecified atom stereocenters. The summed E-state index contributed by atoms with van der Waals surface area (Å²) in [6.07, 6.45) is 2.58. The standard InChI is InChI=1S/C15H18FNO2/c1-10-6-15(13(11(2)18)7-14(10)16)17(3)8-12-4-5-19-9-12/h4-7,9,11,18H,8H2,1-3H3/t11-/m1/s1. The number of hydrogen-bond donors (Lipinski definition) is 1. The summed E-state index contributed by atoms with van der Waals surface area (Å²) in [5.41, 5.74) is 3.02. The van der Waals surface area contributed by atoms with Gasteiger partial charge in [-0.25, -0.2) is 4.39 Å². The van der Waals surface area contributed by atoms with Crippen molar-refractivity contribution in [2.24, 2.45) is 0 Å². The normalized spacial score (nSPS) is 12.5. The number of anilines is 1. The molecule has 19 heavy (non-hydrogen) atoms. The molecule has 2 rings (SSSR count). The zero-order chi connectivity index (χ0) is 14.0. The number of halogens is 1. The largest absolute Gasteiger partial charge is 0.472 e. The Bertz CT molecular complexity index is 550. The Morgan fingerprint density at radius 2 is 2.16 bits per heavy atom. The van der Waals surface area contributed by atoms with Gasteiger partial charge in [0.05, 0.1) is 18.6 Å². The first-order valence-corrected chi connectivity index (χ1v) is 6.19. The summed E-state index contributed by atoms with van der Waals surface area (Å²) < 4.78 is 18.7.